The molecule has 0 saturated carbocycles. The second-order valence-electron chi connectivity index (χ2n) is 4.97. The van der Waals surface area contributed by atoms with Gasteiger partial charge in [-0.05, 0) is 31.2 Å². The van der Waals surface area contributed by atoms with Crippen LogP contribution in [-0.4, -0.2) is 24.1 Å². The maximum Gasteiger partial charge on any atom is 0.264 e. The van der Waals surface area contributed by atoms with E-state index in [4.69, 9.17) is 32.7 Å². The van der Waals surface area contributed by atoms with Crippen molar-refractivity contribution in [3.63, 3.8) is 0 Å². The molecule has 5 nitrogen and oxygen atoms in total. The summed E-state index contributed by atoms with van der Waals surface area (Å²) in [5, 5.41) is 4.06. The Morgan fingerprint density at radius 2 is 2.04 bits per heavy atom. The van der Waals surface area contributed by atoms with Gasteiger partial charge in [-0.2, -0.15) is 0 Å². The number of thiazole rings is 1. The predicted molar refractivity (Wildman–Crippen MR) is 101 cm³/mol. The molecule has 1 N–H and O–H groups in total. The molecule has 0 spiro atoms. The number of rotatable bonds is 6. The number of anilines is 1. The molecule has 25 heavy (non-hydrogen) atoms. The number of nitrogens with one attached hydrogen (secondary N) is 1. The summed E-state index contributed by atoms with van der Waals surface area (Å²) in [4.78, 5) is 16.5. The van der Waals surface area contributed by atoms with Crippen LogP contribution in [0.4, 0.5) is 5.13 Å². The first-order valence-electron chi connectivity index (χ1n) is 7.47. The number of halogens is 2. The lowest BCUT2D eigenvalue weighted by Gasteiger charge is -2.07. The normalized spacial score (nSPS) is 10.7. The van der Waals surface area contributed by atoms with E-state index in [1.165, 1.54) is 11.3 Å². The number of nitrogens with zero attached hydrogens (tertiary/aromatic N) is 1. The van der Waals surface area contributed by atoms with Crippen LogP contribution in [-0.2, 0) is 4.79 Å². The number of aromatic nitrogens is 1. The van der Waals surface area contributed by atoms with E-state index in [9.17, 15) is 4.79 Å². The fourth-order valence-corrected chi connectivity index (χ4v) is 3.37. The topological polar surface area (TPSA) is 60.5 Å². The number of amides is 1. The van der Waals surface area contributed by atoms with Crippen molar-refractivity contribution in [1.29, 1.82) is 0 Å². The van der Waals surface area contributed by atoms with E-state index in [1.807, 2.05) is 25.1 Å². The Bertz CT molecular complexity index is 914. The first-order chi connectivity index (χ1) is 12.1. The van der Waals surface area contributed by atoms with Gasteiger partial charge in [0.1, 0.15) is 17.0 Å². The van der Waals surface area contributed by atoms with Crippen LogP contribution in [0.1, 0.15) is 6.92 Å². The fraction of sp³-hybridized carbons (Fsp3) is 0.176. The van der Waals surface area contributed by atoms with Gasteiger partial charge in [0.15, 0.2) is 11.7 Å². The zero-order valence-electron chi connectivity index (χ0n) is 13.2. The highest BCUT2D eigenvalue weighted by Gasteiger charge is 2.12. The first-order valence-corrected chi connectivity index (χ1v) is 9.04. The number of fused-ring (bicyclic) bond motifs is 1. The average Bonchev–Trinajstić information content (AvgIpc) is 2.99. The lowest BCUT2D eigenvalue weighted by Crippen LogP contribution is -2.20. The first kappa shape index (κ1) is 17.8. The highest BCUT2D eigenvalue weighted by Crippen LogP contribution is 2.32. The number of para-hydroxylation sites is 1. The molecule has 1 amide bonds. The highest BCUT2D eigenvalue weighted by atomic mass is 35.5. The van der Waals surface area contributed by atoms with Gasteiger partial charge in [-0.3, -0.25) is 10.1 Å². The van der Waals surface area contributed by atoms with Gasteiger partial charge < -0.3 is 9.47 Å². The smallest absolute Gasteiger partial charge is 0.264 e. The van der Waals surface area contributed by atoms with Crippen LogP contribution in [0.5, 0.6) is 11.5 Å². The Morgan fingerprint density at radius 1 is 1.20 bits per heavy atom. The third kappa shape index (κ3) is 4.34. The largest absolute Gasteiger partial charge is 0.492 e. The molecule has 0 aliphatic carbocycles. The molecule has 0 unspecified atom stereocenters. The summed E-state index contributed by atoms with van der Waals surface area (Å²) in [6.07, 6.45) is 0. The minimum absolute atomic E-state index is 0.200. The van der Waals surface area contributed by atoms with Crippen LogP contribution >= 0.6 is 34.5 Å². The van der Waals surface area contributed by atoms with E-state index < -0.39 is 0 Å². The van der Waals surface area contributed by atoms with Crippen LogP contribution in [0.15, 0.2) is 36.4 Å². The second kappa shape index (κ2) is 7.91. The molecule has 3 aromatic rings. The van der Waals surface area contributed by atoms with E-state index in [0.717, 1.165) is 10.2 Å². The molecule has 0 bridgehead atoms. The summed E-state index contributed by atoms with van der Waals surface area (Å²) < 4.78 is 11.9. The van der Waals surface area contributed by atoms with Crippen LogP contribution in [0, 0.1) is 0 Å². The van der Waals surface area contributed by atoms with Crippen LogP contribution < -0.4 is 14.8 Å². The summed E-state index contributed by atoms with van der Waals surface area (Å²) in [5.41, 5.74) is 0.725. The molecule has 0 saturated heterocycles. The summed E-state index contributed by atoms with van der Waals surface area (Å²) >= 11 is 13.3. The van der Waals surface area contributed by atoms with Crippen molar-refractivity contribution in [2.45, 2.75) is 6.92 Å². The van der Waals surface area contributed by atoms with Crippen molar-refractivity contribution in [3.05, 3.63) is 46.4 Å². The Kier molecular flexibility index (Phi) is 5.63. The Morgan fingerprint density at radius 3 is 2.84 bits per heavy atom. The highest BCUT2D eigenvalue weighted by molar-refractivity contribution is 7.22. The molecule has 0 fully saturated rings. The molecule has 0 radical (unpaired) electrons. The van der Waals surface area contributed by atoms with Crippen molar-refractivity contribution in [1.82, 2.24) is 4.98 Å². The van der Waals surface area contributed by atoms with Crippen molar-refractivity contribution in [3.8, 4) is 11.5 Å². The summed E-state index contributed by atoms with van der Waals surface area (Å²) in [6.45, 7) is 2.26. The van der Waals surface area contributed by atoms with Gasteiger partial charge in [-0.25, -0.2) is 4.98 Å². The van der Waals surface area contributed by atoms with E-state index in [2.05, 4.69) is 10.3 Å². The second-order valence-corrected chi connectivity index (χ2v) is 6.84. The zero-order chi connectivity index (χ0) is 17.8. The number of carbonyl (C=O) groups is 1. The zero-order valence-corrected chi connectivity index (χ0v) is 15.5. The number of carbonyl (C=O) groups excluding carboxylic acids is 1. The van der Waals surface area contributed by atoms with Gasteiger partial charge in [-0.1, -0.05) is 40.6 Å². The molecule has 8 heteroatoms. The van der Waals surface area contributed by atoms with E-state index in [0.29, 0.717) is 33.3 Å². The van der Waals surface area contributed by atoms with Gasteiger partial charge in [0.2, 0.25) is 0 Å². The molecule has 3 rings (SSSR count). The minimum Gasteiger partial charge on any atom is -0.492 e. The number of hydrogen-bond donors (Lipinski definition) is 1. The SMILES string of the molecule is CCOc1cccc2sc(NC(=O)COc3cc(Cl)ccc3Cl)nc12. The molecule has 1 aromatic heterocycles. The fourth-order valence-electron chi connectivity index (χ4n) is 2.14. The Labute approximate surface area is 158 Å². The number of benzene rings is 2. The Balaban J connectivity index is 1.67. The van der Waals surface area contributed by atoms with E-state index in [-0.39, 0.29) is 12.5 Å². The summed E-state index contributed by atoms with van der Waals surface area (Å²) in [6, 6.07) is 10.5. The lowest BCUT2D eigenvalue weighted by atomic mass is 10.3. The van der Waals surface area contributed by atoms with Crippen molar-refractivity contribution in [2.24, 2.45) is 0 Å². The van der Waals surface area contributed by atoms with E-state index in [1.54, 1.807) is 18.2 Å². The minimum atomic E-state index is -0.340. The van der Waals surface area contributed by atoms with Gasteiger partial charge >= 0.3 is 0 Å². The maximum atomic E-state index is 12.1. The van der Waals surface area contributed by atoms with Gasteiger partial charge in [0.25, 0.3) is 5.91 Å². The monoisotopic (exact) mass is 396 g/mol. The maximum absolute atomic E-state index is 12.1. The molecule has 1 heterocycles. The van der Waals surface area contributed by atoms with Crippen LogP contribution in [0.2, 0.25) is 10.0 Å². The third-order valence-electron chi connectivity index (χ3n) is 3.18. The average molecular weight is 397 g/mol. The van der Waals surface area contributed by atoms with Crippen LogP contribution in [0.25, 0.3) is 10.2 Å². The molecule has 0 aliphatic heterocycles. The standard InChI is InChI=1S/C17H14Cl2N2O3S/c1-2-23-12-4-3-5-14-16(12)21-17(25-14)20-15(22)9-24-13-8-10(18)6-7-11(13)19/h3-8H,2,9H2,1H3,(H,20,21,22). The molecule has 0 aliphatic rings. The lowest BCUT2D eigenvalue weighted by molar-refractivity contribution is -0.118. The van der Waals surface area contributed by atoms with Gasteiger partial charge in [0, 0.05) is 11.1 Å². The van der Waals surface area contributed by atoms with Crippen molar-refractivity contribution < 1.29 is 14.3 Å². The number of hydrogen-bond acceptors (Lipinski definition) is 5. The Hall–Kier alpha value is -2.02. The summed E-state index contributed by atoms with van der Waals surface area (Å²) in [5.74, 6) is 0.707. The molecular weight excluding hydrogens is 383 g/mol. The third-order valence-corrected chi connectivity index (χ3v) is 4.66. The molecule has 2 aromatic carbocycles. The molecule has 130 valence electrons. The van der Waals surface area contributed by atoms with Crippen molar-refractivity contribution in [2.75, 3.05) is 18.5 Å². The van der Waals surface area contributed by atoms with Gasteiger partial charge in [-0.15, -0.1) is 0 Å². The van der Waals surface area contributed by atoms with Crippen molar-refractivity contribution >= 4 is 55.8 Å². The summed E-state index contributed by atoms with van der Waals surface area (Å²) in [7, 11) is 0. The van der Waals surface area contributed by atoms with Gasteiger partial charge in [0.05, 0.1) is 16.3 Å². The predicted octanol–water partition coefficient (Wildman–Crippen LogP) is 5.02. The molecular formula is C17H14Cl2N2O3S. The molecule has 0 atom stereocenters. The van der Waals surface area contributed by atoms with Crippen LogP contribution in [0.3, 0.4) is 0 Å². The van der Waals surface area contributed by atoms with E-state index >= 15 is 0 Å². The quantitative estimate of drug-likeness (QED) is 0.635. The number of ether oxygens (including phenoxy) is 2.